The van der Waals surface area contributed by atoms with Gasteiger partial charge < -0.3 is 24.3 Å². The molecule has 0 fully saturated rings. The van der Waals surface area contributed by atoms with Crippen LogP contribution in [0, 0.1) is 0 Å². The highest BCUT2D eigenvalue weighted by Crippen LogP contribution is 2.36. The molecular formula is C20H21N3O3S. The maximum absolute atomic E-state index is 13.2. The Morgan fingerprint density at radius 2 is 2.04 bits per heavy atom. The van der Waals surface area contributed by atoms with E-state index < -0.39 is 0 Å². The van der Waals surface area contributed by atoms with E-state index in [1.54, 1.807) is 43.8 Å². The van der Waals surface area contributed by atoms with Crippen molar-refractivity contribution in [2.45, 2.75) is 12.6 Å². The molecule has 27 heavy (non-hydrogen) atoms. The van der Waals surface area contributed by atoms with E-state index >= 15 is 0 Å². The number of urea groups is 1. The van der Waals surface area contributed by atoms with Crippen LogP contribution in [0.5, 0.6) is 11.5 Å². The van der Waals surface area contributed by atoms with Crippen LogP contribution in [0.1, 0.15) is 16.6 Å². The van der Waals surface area contributed by atoms with Crippen molar-refractivity contribution >= 4 is 23.1 Å². The Balaban J connectivity index is 1.63. The van der Waals surface area contributed by atoms with E-state index in [9.17, 15) is 4.79 Å². The van der Waals surface area contributed by atoms with Gasteiger partial charge in [0.25, 0.3) is 0 Å². The standard InChI is InChI=1S/C20H21N3O3S/c1-25-14-7-8-15(17(13-14)26-2)21-20(24)23-11-10-22-9-3-5-16(22)19(23)18-6-4-12-27-18/h3-9,12-13,19H,10-11H2,1-2H3,(H,21,24). The topological polar surface area (TPSA) is 55.7 Å². The lowest BCUT2D eigenvalue weighted by Gasteiger charge is -2.36. The fraction of sp³-hybridized carbons (Fsp3) is 0.250. The first-order chi connectivity index (χ1) is 13.2. The molecule has 0 saturated heterocycles. The number of benzene rings is 1. The number of nitrogens with one attached hydrogen (secondary N) is 1. The molecule has 6 nitrogen and oxygen atoms in total. The second-order valence-electron chi connectivity index (χ2n) is 6.23. The number of hydrogen-bond donors (Lipinski definition) is 1. The zero-order chi connectivity index (χ0) is 18.8. The second kappa shape index (κ2) is 7.36. The summed E-state index contributed by atoms with van der Waals surface area (Å²) in [5.41, 5.74) is 1.75. The van der Waals surface area contributed by atoms with Crippen molar-refractivity contribution in [3.63, 3.8) is 0 Å². The summed E-state index contributed by atoms with van der Waals surface area (Å²) in [5, 5.41) is 5.04. The molecule has 0 bridgehead atoms. The van der Waals surface area contributed by atoms with E-state index in [-0.39, 0.29) is 12.1 Å². The van der Waals surface area contributed by atoms with Crippen LogP contribution < -0.4 is 14.8 Å². The van der Waals surface area contributed by atoms with Crippen LogP contribution >= 0.6 is 11.3 Å². The number of anilines is 1. The van der Waals surface area contributed by atoms with Crippen LogP contribution in [0.25, 0.3) is 0 Å². The van der Waals surface area contributed by atoms with Gasteiger partial charge in [-0.2, -0.15) is 0 Å². The van der Waals surface area contributed by atoms with E-state index in [2.05, 4.69) is 28.2 Å². The second-order valence-corrected chi connectivity index (χ2v) is 7.21. The third-order valence-corrected chi connectivity index (χ3v) is 5.69. The van der Waals surface area contributed by atoms with Gasteiger partial charge in [0.1, 0.15) is 17.5 Å². The average molecular weight is 383 g/mol. The minimum Gasteiger partial charge on any atom is -0.497 e. The van der Waals surface area contributed by atoms with Crippen molar-refractivity contribution in [2.75, 3.05) is 26.1 Å². The monoisotopic (exact) mass is 383 g/mol. The SMILES string of the molecule is COc1ccc(NC(=O)N2CCn3cccc3C2c2cccs2)c(OC)c1. The van der Waals surface area contributed by atoms with Gasteiger partial charge in [0.2, 0.25) is 0 Å². The predicted octanol–water partition coefficient (Wildman–Crippen LogP) is 4.20. The maximum Gasteiger partial charge on any atom is 0.322 e. The minimum atomic E-state index is -0.149. The number of ether oxygens (including phenoxy) is 2. The fourth-order valence-corrected chi connectivity index (χ4v) is 4.29. The number of carbonyl (C=O) groups is 1. The number of carbonyl (C=O) groups excluding carboxylic acids is 1. The maximum atomic E-state index is 13.2. The summed E-state index contributed by atoms with van der Waals surface area (Å²) < 4.78 is 12.8. The molecule has 1 aliphatic rings. The molecule has 1 aromatic carbocycles. The first kappa shape index (κ1) is 17.5. The van der Waals surface area contributed by atoms with E-state index in [1.807, 2.05) is 22.4 Å². The number of amides is 2. The molecule has 1 unspecified atom stereocenters. The molecule has 3 heterocycles. The van der Waals surface area contributed by atoms with Crippen molar-refractivity contribution in [3.8, 4) is 11.5 Å². The lowest BCUT2D eigenvalue weighted by molar-refractivity contribution is 0.183. The molecular weight excluding hydrogens is 362 g/mol. The Labute approximate surface area is 161 Å². The third-order valence-electron chi connectivity index (χ3n) is 4.76. The molecule has 1 aliphatic heterocycles. The quantitative estimate of drug-likeness (QED) is 0.734. The molecule has 0 spiro atoms. The molecule has 1 atom stereocenters. The Morgan fingerprint density at radius 1 is 1.15 bits per heavy atom. The van der Waals surface area contributed by atoms with Crippen molar-refractivity contribution in [3.05, 3.63) is 64.6 Å². The first-order valence-electron chi connectivity index (χ1n) is 8.69. The first-order valence-corrected chi connectivity index (χ1v) is 9.57. The molecule has 0 saturated carbocycles. The van der Waals surface area contributed by atoms with E-state index in [0.717, 1.165) is 17.1 Å². The van der Waals surface area contributed by atoms with Crippen LogP contribution in [-0.2, 0) is 6.54 Å². The highest BCUT2D eigenvalue weighted by molar-refractivity contribution is 7.10. The molecule has 140 valence electrons. The van der Waals surface area contributed by atoms with Gasteiger partial charge in [-0.25, -0.2) is 4.79 Å². The van der Waals surface area contributed by atoms with Gasteiger partial charge in [-0.05, 0) is 35.7 Å². The van der Waals surface area contributed by atoms with Crippen LogP contribution in [0.15, 0.2) is 54.0 Å². The molecule has 0 aliphatic carbocycles. The number of fused-ring (bicyclic) bond motifs is 1. The molecule has 3 aromatic rings. The van der Waals surface area contributed by atoms with Gasteiger partial charge in [-0.15, -0.1) is 11.3 Å². The number of methoxy groups -OCH3 is 2. The Hall–Kier alpha value is -2.93. The Morgan fingerprint density at radius 3 is 2.78 bits per heavy atom. The van der Waals surface area contributed by atoms with Crippen molar-refractivity contribution in [1.29, 1.82) is 0 Å². The minimum absolute atomic E-state index is 0.0991. The van der Waals surface area contributed by atoms with E-state index in [4.69, 9.17) is 9.47 Å². The lowest BCUT2D eigenvalue weighted by atomic mass is 10.1. The van der Waals surface area contributed by atoms with Crippen LogP contribution in [-0.4, -0.2) is 36.3 Å². The predicted molar refractivity (Wildman–Crippen MR) is 106 cm³/mol. The van der Waals surface area contributed by atoms with Gasteiger partial charge in [0, 0.05) is 35.9 Å². The van der Waals surface area contributed by atoms with Gasteiger partial charge in [-0.1, -0.05) is 6.07 Å². The normalized spacial score (nSPS) is 15.9. The van der Waals surface area contributed by atoms with Crippen molar-refractivity contribution in [1.82, 2.24) is 9.47 Å². The number of rotatable bonds is 4. The molecule has 4 rings (SSSR count). The Bertz CT molecular complexity index is 936. The van der Waals surface area contributed by atoms with Gasteiger partial charge in [0.15, 0.2) is 0 Å². The molecule has 2 amide bonds. The van der Waals surface area contributed by atoms with Crippen molar-refractivity contribution in [2.24, 2.45) is 0 Å². The number of thiophene rings is 1. The summed E-state index contributed by atoms with van der Waals surface area (Å²) in [6, 6.07) is 13.3. The summed E-state index contributed by atoms with van der Waals surface area (Å²) in [6.07, 6.45) is 2.07. The fourth-order valence-electron chi connectivity index (χ4n) is 3.44. The molecule has 1 N–H and O–H groups in total. The van der Waals surface area contributed by atoms with Gasteiger partial charge in [-0.3, -0.25) is 0 Å². The number of aromatic nitrogens is 1. The third kappa shape index (κ3) is 3.26. The average Bonchev–Trinajstić information content (AvgIpc) is 3.39. The van der Waals surface area contributed by atoms with Crippen molar-refractivity contribution < 1.29 is 14.3 Å². The number of hydrogen-bond acceptors (Lipinski definition) is 4. The summed E-state index contributed by atoms with van der Waals surface area (Å²) >= 11 is 1.66. The summed E-state index contributed by atoms with van der Waals surface area (Å²) in [7, 11) is 3.17. The summed E-state index contributed by atoms with van der Waals surface area (Å²) in [4.78, 5) is 16.2. The highest BCUT2D eigenvalue weighted by Gasteiger charge is 2.33. The smallest absolute Gasteiger partial charge is 0.322 e. The zero-order valence-electron chi connectivity index (χ0n) is 15.2. The number of nitrogens with zero attached hydrogens (tertiary/aromatic N) is 2. The molecule has 7 heteroatoms. The summed E-state index contributed by atoms with van der Waals surface area (Å²) in [6.45, 7) is 1.41. The molecule has 0 radical (unpaired) electrons. The Kier molecular flexibility index (Phi) is 4.77. The van der Waals surface area contributed by atoms with Crippen LogP contribution in [0.2, 0.25) is 0 Å². The highest BCUT2D eigenvalue weighted by atomic mass is 32.1. The van der Waals surface area contributed by atoms with Crippen LogP contribution in [0.4, 0.5) is 10.5 Å². The molecule has 2 aromatic heterocycles. The van der Waals surface area contributed by atoms with Gasteiger partial charge in [0.05, 0.1) is 19.9 Å². The lowest BCUT2D eigenvalue weighted by Crippen LogP contribution is -2.44. The van der Waals surface area contributed by atoms with E-state index in [1.165, 1.54) is 0 Å². The largest absolute Gasteiger partial charge is 0.497 e. The zero-order valence-corrected chi connectivity index (χ0v) is 16.0. The summed E-state index contributed by atoms with van der Waals surface area (Å²) in [5.74, 6) is 1.24. The van der Waals surface area contributed by atoms with Gasteiger partial charge >= 0.3 is 6.03 Å². The van der Waals surface area contributed by atoms with E-state index in [0.29, 0.717) is 23.7 Å². The van der Waals surface area contributed by atoms with Crippen LogP contribution in [0.3, 0.4) is 0 Å².